The molecule has 0 spiro atoms. The number of ketones is 1. The maximum Gasteiger partial charge on any atom is 0.162 e. The monoisotopic (exact) mass is 753 g/mol. The van der Waals surface area contributed by atoms with Gasteiger partial charge >= 0.3 is 0 Å². The summed E-state index contributed by atoms with van der Waals surface area (Å²) in [6.07, 6.45) is 7.00. The summed E-state index contributed by atoms with van der Waals surface area (Å²) in [5, 5.41) is 9.76. The molecule has 1 radical (unpaired) electrons. The molecule has 3 heterocycles. The Bertz CT molecular complexity index is 1560. The Morgan fingerprint density at radius 2 is 1.61 bits per heavy atom. The number of benzene rings is 1. The quantitative estimate of drug-likeness (QED) is 0.0848. The van der Waals surface area contributed by atoms with Crippen molar-refractivity contribution in [1.82, 2.24) is 8.77 Å². The van der Waals surface area contributed by atoms with Gasteiger partial charge in [-0.3, -0.25) is 4.79 Å². The third-order valence-electron chi connectivity index (χ3n) is 8.12. The fraction of sp³-hybridized carbons (Fsp3) is 0.441. The number of aliphatic hydroxyl groups is 1. The van der Waals surface area contributed by atoms with Crippen LogP contribution in [0.2, 0.25) is 0 Å². The molecule has 3 aromatic heterocycles. The minimum Gasteiger partial charge on any atom is -0.512 e. The van der Waals surface area contributed by atoms with Gasteiger partial charge < -0.3 is 9.67 Å². The Morgan fingerprint density at radius 3 is 2.17 bits per heavy atom. The number of aliphatic hydroxyl groups excluding tert-OH is 1. The van der Waals surface area contributed by atoms with E-state index in [1.807, 2.05) is 32.3 Å². The number of imidazole rings is 1. The number of aryl methyl sites for hydroxylation is 5. The van der Waals surface area contributed by atoms with Crippen LogP contribution in [-0.4, -0.2) is 19.7 Å². The van der Waals surface area contributed by atoms with E-state index >= 15 is 0 Å². The zero-order valence-electron chi connectivity index (χ0n) is 26.1. The van der Waals surface area contributed by atoms with Gasteiger partial charge in [0.15, 0.2) is 5.78 Å². The second-order valence-electron chi connectivity index (χ2n) is 10.9. The van der Waals surface area contributed by atoms with E-state index in [9.17, 15) is 9.90 Å². The Labute approximate surface area is 264 Å². The van der Waals surface area contributed by atoms with Crippen molar-refractivity contribution in [1.29, 1.82) is 0 Å². The standard InChI is InChI=1S/C21H22N3S.C13H24O2.Ir/c1-11-8-12(2)14(4)17(9-11)20-18-19(13(3)10-23(20)7)24-21(22-18)15(5)16(6)25-24;1-5-10(6-2)12(14)9-13(15)11(7-3)8-4;/h8-10H,4,7H2,1-3,5-6H3;9-11,14H,5-8H2,1-4H3;/q-1;;/b;12-9-;. The minimum atomic E-state index is 0. The molecule has 4 rings (SSSR count). The zero-order chi connectivity index (χ0) is 29.9. The van der Waals surface area contributed by atoms with Gasteiger partial charge in [-0.05, 0) is 58.9 Å². The first-order chi connectivity index (χ1) is 18.9. The number of hydrogen-bond donors (Lipinski definition) is 1. The molecule has 0 aliphatic rings. The molecule has 0 saturated heterocycles. The number of nitrogens with zero attached hydrogens (tertiary/aromatic N) is 3. The molecular weight excluding hydrogens is 707 g/mol. The molecule has 1 N–H and O–H groups in total. The van der Waals surface area contributed by atoms with E-state index in [1.54, 1.807) is 11.5 Å². The van der Waals surface area contributed by atoms with Crippen LogP contribution in [0.4, 0.5) is 0 Å². The number of aromatic nitrogens is 3. The molecule has 7 heteroatoms. The normalized spacial score (nSPS) is 11.7. The van der Waals surface area contributed by atoms with E-state index in [0.717, 1.165) is 53.7 Å². The van der Waals surface area contributed by atoms with Crippen LogP contribution < -0.4 is 4.57 Å². The smallest absolute Gasteiger partial charge is 0.162 e. The van der Waals surface area contributed by atoms with Gasteiger partial charge in [0.25, 0.3) is 0 Å². The number of fused-ring (bicyclic) bond motifs is 3. The van der Waals surface area contributed by atoms with Crippen LogP contribution in [0.15, 0.2) is 30.2 Å². The molecule has 4 aromatic rings. The van der Waals surface area contributed by atoms with E-state index in [1.165, 1.54) is 38.7 Å². The van der Waals surface area contributed by atoms with E-state index in [-0.39, 0.29) is 43.5 Å². The second kappa shape index (κ2) is 14.5. The van der Waals surface area contributed by atoms with Crippen molar-refractivity contribution >= 4 is 34.0 Å². The van der Waals surface area contributed by atoms with E-state index in [0.29, 0.717) is 0 Å². The summed E-state index contributed by atoms with van der Waals surface area (Å²) in [6.45, 7) is 23.0. The molecule has 0 unspecified atom stereocenters. The number of rotatable bonds is 8. The van der Waals surface area contributed by atoms with Gasteiger partial charge in [-0.25, -0.2) is 8.77 Å². The first-order valence-electron chi connectivity index (χ1n) is 14.4. The molecule has 5 nitrogen and oxygen atoms in total. The Balaban J connectivity index is 0.000000320. The van der Waals surface area contributed by atoms with Crippen molar-refractivity contribution in [3.63, 3.8) is 0 Å². The number of pyridine rings is 1. The second-order valence-corrected chi connectivity index (χ2v) is 12.1. The van der Waals surface area contributed by atoms with Crippen molar-refractivity contribution in [2.75, 3.05) is 0 Å². The molecule has 41 heavy (non-hydrogen) atoms. The largest absolute Gasteiger partial charge is 0.512 e. The van der Waals surface area contributed by atoms with Crippen LogP contribution in [0, 0.1) is 60.4 Å². The third kappa shape index (κ3) is 7.07. The Morgan fingerprint density at radius 1 is 1.02 bits per heavy atom. The molecule has 0 fully saturated rings. The van der Waals surface area contributed by atoms with Gasteiger partial charge in [-0.1, -0.05) is 51.7 Å². The molecule has 0 aliphatic carbocycles. The minimum absolute atomic E-state index is 0. The van der Waals surface area contributed by atoms with Crippen LogP contribution >= 0.6 is 11.5 Å². The fourth-order valence-corrected chi connectivity index (χ4v) is 6.46. The number of carbonyl (C=O) groups excluding carboxylic acids is 1. The van der Waals surface area contributed by atoms with E-state index in [2.05, 4.69) is 70.7 Å². The van der Waals surface area contributed by atoms with Crippen LogP contribution in [0.5, 0.6) is 0 Å². The summed E-state index contributed by atoms with van der Waals surface area (Å²) in [4.78, 5) is 18.0. The van der Waals surface area contributed by atoms with Crippen molar-refractivity contribution in [2.45, 2.75) is 88.0 Å². The predicted octanol–water partition coefficient (Wildman–Crippen LogP) is 8.73. The first kappa shape index (κ1) is 34.6. The van der Waals surface area contributed by atoms with Crippen molar-refractivity contribution < 1.29 is 34.6 Å². The van der Waals surface area contributed by atoms with Gasteiger partial charge in [0.05, 0.1) is 28.7 Å². The molecular formula is C34H46IrN3O2S-. The number of carbonyl (C=O) groups is 1. The Kier molecular flexibility index (Phi) is 12.3. The summed E-state index contributed by atoms with van der Waals surface area (Å²) >= 11 is 1.76. The summed E-state index contributed by atoms with van der Waals surface area (Å²) in [5.74, 6) is 0.547. The first-order valence-corrected chi connectivity index (χ1v) is 15.2. The number of hydrogen-bond acceptors (Lipinski definition) is 4. The molecule has 0 atom stereocenters. The van der Waals surface area contributed by atoms with Crippen LogP contribution in [0.1, 0.15) is 86.1 Å². The van der Waals surface area contributed by atoms with E-state index in [4.69, 9.17) is 4.98 Å². The predicted molar refractivity (Wildman–Crippen MR) is 169 cm³/mol. The Hall–Kier alpha value is -2.60. The van der Waals surface area contributed by atoms with Crippen molar-refractivity contribution in [2.24, 2.45) is 11.8 Å². The average Bonchev–Trinajstić information content (AvgIpc) is 3.39. The average molecular weight is 753 g/mol. The summed E-state index contributed by atoms with van der Waals surface area (Å²) in [7, 11) is 4.25. The van der Waals surface area contributed by atoms with Crippen molar-refractivity contribution in [3.8, 4) is 11.3 Å². The van der Waals surface area contributed by atoms with Crippen molar-refractivity contribution in [3.05, 3.63) is 76.8 Å². The molecule has 0 bridgehead atoms. The van der Waals surface area contributed by atoms with Gasteiger partial charge in [-0.15, -0.1) is 17.7 Å². The van der Waals surface area contributed by atoms with Gasteiger partial charge in [0.1, 0.15) is 5.65 Å². The van der Waals surface area contributed by atoms with Gasteiger partial charge in [0.2, 0.25) is 0 Å². The molecule has 0 aliphatic heterocycles. The summed E-state index contributed by atoms with van der Waals surface area (Å²) in [5.41, 5.74) is 11.2. The maximum absolute atomic E-state index is 11.7. The SMILES string of the molecule is CCC(CC)C(=O)/C=C(\O)C(CC)CC.[CH2-]c1c(C)cc(C)cc1-c1c2nc3c(C)c(C)sn3c2c(C)c[n+]1[CH2-].[Ir]. The molecule has 0 amide bonds. The zero-order valence-corrected chi connectivity index (χ0v) is 29.4. The topological polar surface area (TPSA) is 58.5 Å². The fourth-order valence-electron chi connectivity index (χ4n) is 5.37. The molecule has 0 saturated carbocycles. The van der Waals surface area contributed by atoms with E-state index < -0.39 is 0 Å². The van der Waals surface area contributed by atoms with Gasteiger partial charge in [0, 0.05) is 55.5 Å². The van der Waals surface area contributed by atoms with Crippen LogP contribution in [-0.2, 0) is 24.9 Å². The van der Waals surface area contributed by atoms with Crippen LogP contribution in [0.3, 0.4) is 0 Å². The molecule has 1 aromatic carbocycles. The third-order valence-corrected chi connectivity index (χ3v) is 9.24. The summed E-state index contributed by atoms with van der Waals surface area (Å²) < 4.78 is 4.20. The summed E-state index contributed by atoms with van der Waals surface area (Å²) in [6, 6.07) is 4.36. The molecule has 225 valence electrons. The van der Waals surface area contributed by atoms with Crippen LogP contribution in [0.25, 0.3) is 27.9 Å². The maximum atomic E-state index is 11.7. The van der Waals surface area contributed by atoms with Gasteiger partial charge in [-0.2, -0.15) is 18.1 Å². The number of allylic oxidation sites excluding steroid dienone is 2.